The molecule has 25 heavy (non-hydrogen) atoms. The van der Waals surface area contributed by atoms with Crippen LogP contribution in [0.1, 0.15) is 30.3 Å². The molecule has 1 N–H and O–H groups in total. The number of rotatable bonds is 3. The second kappa shape index (κ2) is 6.44. The van der Waals surface area contributed by atoms with E-state index in [2.05, 4.69) is 32.8 Å². The van der Waals surface area contributed by atoms with E-state index < -0.39 is 6.10 Å². The van der Waals surface area contributed by atoms with Crippen LogP contribution in [0.15, 0.2) is 36.9 Å². The quantitative estimate of drug-likeness (QED) is 0.796. The van der Waals surface area contributed by atoms with Crippen LogP contribution < -0.4 is 4.90 Å². The Hall–Kier alpha value is -2.47. The van der Waals surface area contributed by atoms with E-state index >= 15 is 0 Å². The SMILES string of the molecule is Cc1cccc2ncnc(N3CCCC(C(O)c4nccn4C)C3)c12. The largest absolute Gasteiger partial charge is 0.385 e. The molecule has 0 radical (unpaired) electrons. The van der Waals surface area contributed by atoms with Crippen molar-refractivity contribution in [1.82, 2.24) is 19.5 Å². The van der Waals surface area contributed by atoms with Crippen molar-refractivity contribution < 1.29 is 5.11 Å². The summed E-state index contributed by atoms with van der Waals surface area (Å²) < 4.78 is 1.90. The van der Waals surface area contributed by atoms with Crippen LogP contribution in [0.4, 0.5) is 5.82 Å². The Morgan fingerprint density at radius 2 is 2.12 bits per heavy atom. The molecule has 2 atom stereocenters. The van der Waals surface area contributed by atoms with E-state index in [-0.39, 0.29) is 5.92 Å². The highest BCUT2D eigenvalue weighted by Gasteiger charge is 2.30. The summed E-state index contributed by atoms with van der Waals surface area (Å²) in [6.45, 7) is 3.82. The summed E-state index contributed by atoms with van der Waals surface area (Å²) in [4.78, 5) is 15.6. The van der Waals surface area contributed by atoms with Gasteiger partial charge in [-0.1, -0.05) is 12.1 Å². The summed E-state index contributed by atoms with van der Waals surface area (Å²) in [5.41, 5.74) is 2.15. The fourth-order valence-corrected chi connectivity index (χ4v) is 3.83. The smallest absolute Gasteiger partial charge is 0.140 e. The molecule has 0 spiro atoms. The molecule has 1 aliphatic rings. The molecule has 0 aliphatic carbocycles. The van der Waals surface area contributed by atoms with E-state index in [1.54, 1.807) is 12.5 Å². The van der Waals surface area contributed by atoms with Gasteiger partial charge in [-0.25, -0.2) is 15.0 Å². The first-order valence-corrected chi connectivity index (χ1v) is 8.75. The van der Waals surface area contributed by atoms with E-state index in [0.717, 1.165) is 48.5 Å². The number of aryl methyl sites for hydroxylation is 2. The Balaban J connectivity index is 1.65. The summed E-state index contributed by atoms with van der Waals surface area (Å²) in [6.07, 6.45) is 6.71. The van der Waals surface area contributed by atoms with Crippen molar-refractivity contribution in [1.29, 1.82) is 0 Å². The van der Waals surface area contributed by atoms with Gasteiger partial charge in [-0.15, -0.1) is 0 Å². The number of piperidine rings is 1. The number of aliphatic hydroxyl groups excluding tert-OH is 1. The Morgan fingerprint density at radius 3 is 2.92 bits per heavy atom. The number of hydrogen-bond acceptors (Lipinski definition) is 5. The summed E-state index contributed by atoms with van der Waals surface area (Å²) in [5.74, 6) is 1.85. The zero-order chi connectivity index (χ0) is 17.4. The maximum atomic E-state index is 10.8. The second-order valence-corrected chi connectivity index (χ2v) is 6.86. The molecule has 3 heterocycles. The molecule has 0 amide bonds. The highest BCUT2D eigenvalue weighted by molar-refractivity contribution is 5.92. The van der Waals surface area contributed by atoms with Crippen LogP contribution in [0.3, 0.4) is 0 Å². The average Bonchev–Trinajstić information content (AvgIpc) is 3.07. The van der Waals surface area contributed by atoms with Crippen molar-refractivity contribution in [2.45, 2.75) is 25.9 Å². The Morgan fingerprint density at radius 1 is 1.24 bits per heavy atom. The van der Waals surface area contributed by atoms with Crippen LogP contribution in [-0.4, -0.2) is 37.7 Å². The highest BCUT2D eigenvalue weighted by atomic mass is 16.3. The molecular formula is C19H23N5O. The van der Waals surface area contributed by atoms with Crippen LogP contribution >= 0.6 is 0 Å². The van der Waals surface area contributed by atoms with Gasteiger partial charge in [0.2, 0.25) is 0 Å². The minimum Gasteiger partial charge on any atom is -0.385 e. The van der Waals surface area contributed by atoms with E-state index in [0.29, 0.717) is 0 Å². The van der Waals surface area contributed by atoms with Gasteiger partial charge in [0.1, 0.15) is 24.1 Å². The van der Waals surface area contributed by atoms with E-state index in [4.69, 9.17) is 0 Å². The van der Waals surface area contributed by atoms with Crippen molar-refractivity contribution in [3.8, 4) is 0 Å². The van der Waals surface area contributed by atoms with Gasteiger partial charge in [-0.3, -0.25) is 0 Å². The standard InChI is InChI=1S/C19H23N5O/c1-13-5-3-7-15-16(13)18(22-12-21-15)24-9-4-6-14(11-24)17(25)19-20-8-10-23(19)2/h3,5,7-8,10,12,14,17,25H,4,6,9,11H2,1-2H3. The third-order valence-corrected chi connectivity index (χ3v) is 5.18. The van der Waals surface area contributed by atoms with Gasteiger partial charge in [-0.05, 0) is 31.4 Å². The maximum Gasteiger partial charge on any atom is 0.140 e. The maximum absolute atomic E-state index is 10.8. The summed E-state index contributed by atoms with van der Waals surface area (Å²) >= 11 is 0. The number of nitrogens with zero attached hydrogens (tertiary/aromatic N) is 5. The number of aliphatic hydroxyl groups is 1. The lowest BCUT2D eigenvalue weighted by Crippen LogP contribution is -2.39. The van der Waals surface area contributed by atoms with Gasteiger partial charge in [0.05, 0.1) is 5.52 Å². The molecule has 2 unspecified atom stereocenters. The first kappa shape index (κ1) is 16.0. The normalized spacial score (nSPS) is 19.3. The highest BCUT2D eigenvalue weighted by Crippen LogP contribution is 2.33. The van der Waals surface area contributed by atoms with Crippen LogP contribution in [-0.2, 0) is 7.05 Å². The van der Waals surface area contributed by atoms with Crippen LogP contribution in [0.25, 0.3) is 10.9 Å². The fraction of sp³-hybridized carbons (Fsp3) is 0.421. The van der Waals surface area contributed by atoms with E-state index in [1.807, 2.05) is 29.9 Å². The Bertz CT molecular complexity index is 885. The lowest BCUT2D eigenvalue weighted by Gasteiger charge is -2.36. The molecule has 6 heteroatoms. The molecule has 6 nitrogen and oxygen atoms in total. The van der Waals surface area contributed by atoms with Gasteiger partial charge < -0.3 is 14.6 Å². The molecule has 1 saturated heterocycles. The van der Waals surface area contributed by atoms with Crippen LogP contribution in [0.2, 0.25) is 0 Å². The Labute approximate surface area is 147 Å². The van der Waals surface area contributed by atoms with Crippen LogP contribution in [0, 0.1) is 12.8 Å². The molecule has 0 saturated carbocycles. The molecule has 3 aromatic rings. The van der Waals surface area contributed by atoms with Crippen LogP contribution in [0.5, 0.6) is 0 Å². The van der Waals surface area contributed by atoms with Gasteiger partial charge in [0.25, 0.3) is 0 Å². The number of aromatic nitrogens is 4. The number of imidazole rings is 1. The topological polar surface area (TPSA) is 67.1 Å². The third kappa shape index (κ3) is 2.87. The molecule has 0 bridgehead atoms. The molecule has 4 rings (SSSR count). The minimum absolute atomic E-state index is 0.142. The van der Waals surface area contributed by atoms with Gasteiger partial charge in [0.15, 0.2) is 0 Å². The first-order valence-electron chi connectivity index (χ1n) is 8.75. The van der Waals surface area contributed by atoms with Gasteiger partial charge in [0, 0.05) is 43.8 Å². The summed E-state index contributed by atoms with van der Waals surface area (Å²) in [6, 6.07) is 6.15. The molecular weight excluding hydrogens is 314 g/mol. The monoisotopic (exact) mass is 337 g/mol. The summed E-state index contributed by atoms with van der Waals surface area (Å²) in [5, 5.41) is 11.9. The lowest BCUT2D eigenvalue weighted by molar-refractivity contribution is 0.0874. The third-order valence-electron chi connectivity index (χ3n) is 5.18. The predicted molar refractivity (Wildman–Crippen MR) is 97.4 cm³/mol. The van der Waals surface area contributed by atoms with Crippen molar-refractivity contribution in [3.63, 3.8) is 0 Å². The number of fused-ring (bicyclic) bond motifs is 1. The second-order valence-electron chi connectivity index (χ2n) is 6.86. The van der Waals surface area contributed by atoms with Crippen molar-refractivity contribution >= 4 is 16.7 Å². The zero-order valence-corrected chi connectivity index (χ0v) is 14.6. The molecule has 1 aliphatic heterocycles. The average molecular weight is 337 g/mol. The summed E-state index contributed by atoms with van der Waals surface area (Å²) in [7, 11) is 1.92. The minimum atomic E-state index is -0.558. The lowest BCUT2D eigenvalue weighted by atomic mass is 9.91. The fourth-order valence-electron chi connectivity index (χ4n) is 3.83. The predicted octanol–water partition coefficient (Wildman–Crippen LogP) is 2.62. The van der Waals surface area contributed by atoms with Crippen molar-refractivity contribution in [3.05, 3.63) is 48.3 Å². The zero-order valence-electron chi connectivity index (χ0n) is 14.6. The van der Waals surface area contributed by atoms with E-state index in [1.165, 1.54) is 5.56 Å². The molecule has 1 fully saturated rings. The first-order chi connectivity index (χ1) is 12.1. The van der Waals surface area contributed by atoms with Crippen molar-refractivity contribution in [2.75, 3.05) is 18.0 Å². The number of anilines is 1. The van der Waals surface area contributed by atoms with Gasteiger partial charge >= 0.3 is 0 Å². The van der Waals surface area contributed by atoms with Gasteiger partial charge in [-0.2, -0.15) is 0 Å². The Kier molecular flexibility index (Phi) is 4.13. The number of hydrogen-bond donors (Lipinski definition) is 1. The van der Waals surface area contributed by atoms with Crippen molar-refractivity contribution in [2.24, 2.45) is 13.0 Å². The molecule has 130 valence electrons. The molecule has 1 aromatic carbocycles. The van der Waals surface area contributed by atoms with E-state index in [9.17, 15) is 5.11 Å². The number of benzene rings is 1. The molecule has 2 aromatic heterocycles.